The number of hydrogen-bond acceptors (Lipinski definition) is 4. The molecule has 0 saturated carbocycles. The second-order valence-corrected chi connectivity index (χ2v) is 6.69. The van der Waals surface area contributed by atoms with Crippen LogP contribution in [-0.2, 0) is 0 Å². The molecular formula is C12H13ClN2S2. The third-order valence-electron chi connectivity index (χ3n) is 2.53. The number of benzene rings is 1. The Morgan fingerprint density at radius 3 is 3.06 bits per heavy atom. The van der Waals surface area contributed by atoms with Crippen LogP contribution >= 0.6 is 35.1 Å². The summed E-state index contributed by atoms with van der Waals surface area (Å²) in [6.07, 6.45) is 0. The zero-order valence-electron chi connectivity index (χ0n) is 9.28. The number of thioether (sulfide) groups is 2. The molecule has 0 spiro atoms. The molecule has 0 aliphatic carbocycles. The Kier molecular flexibility index (Phi) is 4.90. The third kappa shape index (κ3) is 3.48. The number of anilines is 1. The quantitative estimate of drug-likeness (QED) is 0.922. The highest BCUT2D eigenvalue weighted by atomic mass is 35.5. The Morgan fingerprint density at radius 1 is 1.47 bits per heavy atom. The maximum Gasteiger partial charge on any atom is 0.101 e. The van der Waals surface area contributed by atoms with Crippen molar-refractivity contribution in [1.82, 2.24) is 0 Å². The van der Waals surface area contributed by atoms with E-state index in [1.54, 1.807) is 12.1 Å². The van der Waals surface area contributed by atoms with E-state index in [2.05, 4.69) is 11.4 Å². The standard InChI is InChI=1S/C12H13ClN2S2/c13-11-3-1-2-9(6-14)12(11)15-7-10-8-16-4-5-17-10/h1-3,10,15H,4-5,7-8H2/t10-/m0/s1. The van der Waals surface area contributed by atoms with Crippen LogP contribution in [0.1, 0.15) is 5.56 Å². The smallest absolute Gasteiger partial charge is 0.101 e. The first kappa shape index (κ1) is 12.9. The molecule has 90 valence electrons. The van der Waals surface area contributed by atoms with Crippen molar-refractivity contribution in [2.45, 2.75) is 5.25 Å². The summed E-state index contributed by atoms with van der Waals surface area (Å²) in [6, 6.07) is 7.57. The number of hydrogen-bond donors (Lipinski definition) is 1. The highest BCUT2D eigenvalue weighted by molar-refractivity contribution is 8.06. The van der Waals surface area contributed by atoms with Crippen LogP contribution in [0, 0.1) is 11.3 Å². The van der Waals surface area contributed by atoms with E-state index < -0.39 is 0 Å². The topological polar surface area (TPSA) is 35.8 Å². The molecule has 1 N–H and O–H groups in total. The summed E-state index contributed by atoms with van der Waals surface area (Å²) in [5.41, 5.74) is 1.39. The van der Waals surface area contributed by atoms with Crippen LogP contribution in [0.3, 0.4) is 0 Å². The van der Waals surface area contributed by atoms with E-state index in [9.17, 15) is 0 Å². The largest absolute Gasteiger partial charge is 0.382 e. The van der Waals surface area contributed by atoms with Gasteiger partial charge in [0.2, 0.25) is 0 Å². The van der Waals surface area contributed by atoms with Gasteiger partial charge in [0, 0.05) is 29.1 Å². The predicted molar refractivity (Wildman–Crippen MR) is 78.2 cm³/mol. The normalized spacial score (nSPS) is 19.6. The van der Waals surface area contributed by atoms with Crippen molar-refractivity contribution < 1.29 is 0 Å². The summed E-state index contributed by atoms with van der Waals surface area (Å²) < 4.78 is 0. The molecule has 1 aromatic rings. The molecule has 1 atom stereocenters. The minimum Gasteiger partial charge on any atom is -0.382 e. The van der Waals surface area contributed by atoms with Crippen molar-refractivity contribution in [1.29, 1.82) is 5.26 Å². The van der Waals surface area contributed by atoms with Crippen molar-refractivity contribution in [3.8, 4) is 6.07 Å². The number of nitrogens with one attached hydrogen (secondary N) is 1. The molecule has 1 aliphatic rings. The molecule has 2 rings (SSSR count). The molecule has 1 aromatic carbocycles. The fourth-order valence-electron chi connectivity index (χ4n) is 1.67. The van der Waals surface area contributed by atoms with Crippen LogP contribution < -0.4 is 5.32 Å². The van der Waals surface area contributed by atoms with E-state index in [0.717, 1.165) is 12.2 Å². The molecule has 1 saturated heterocycles. The summed E-state index contributed by atoms with van der Waals surface area (Å²) >= 11 is 10.1. The van der Waals surface area contributed by atoms with Gasteiger partial charge in [-0.15, -0.1) is 0 Å². The lowest BCUT2D eigenvalue weighted by atomic mass is 10.2. The zero-order chi connectivity index (χ0) is 12.1. The van der Waals surface area contributed by atoms with E-state index in [4.69, 9.17) is 16.9 Å². The summed E-state index contributed by atoms with van der Waals surface area (Å²) in [6.45, 7) is 0.871. The maximum atomic E-state index is 9.02. The Bertz CT molecular complexity index is 425. The molecule has 0 bridgehead atoms. The van der Waals surface area contributed by atoms with Gasteiger partial charge in [0.25, 0.3) is 0 Å². The van der Waals surface area contributed by atoms with Crippen LogP contribution in [0.2, 0.25) is 5.02 Å². The Balaban J connectivity index is 2.00. The van der Waals surface area contributed by atoms with Crippen LogP contribution in [0.15, 0.2) is 18.2 Å². The molecule has 1 aliphatic heterocycles. The lowest BCUT2D eigenvalue weighted by molar-refractivity contribution is 1.00. The first-order valence-electron chi connectivity index (χ1n) is 5.43. The van der Waals surface area contributed by atoms with E-state index in [1.165, 1.54) is 17.3 Å². The molecule has 1 fully saturated rings. The highest BCUT2D eigenvalue weighted by Crippen LogP contribution is 2.28. The molecular weight excluding hydrogens is 272 g/mol. The van der Waals surface area contributed by atoms with Crippen LogP contribution in [0.4, 0.5) is 5.69 Å². The SMILES string of the molecule is N#Cc1cccc(Cl)c1NC[C@H]1CSCCS1. The molecule has 0 radical (unpaired) electrons. The fourth-order valence-corrected chi connectivity index (χ4v) is 4.52. The summed E-state index contributed by atoms with van der Waals surface area (Å²) in [7, 11) is 0. The van der Waals surface area contributed by atoms with Crippen LogP contribution in [-0.4, -0.2) is 29.1 Å². The van der Waals surface area contributed by atoms with Gasteiger partial charge in [-0.3, -0.25) is 0 Å². The predicted octanol–water partition coefficient (Wildman–Crippen LogP) is 3.47. The molecule has 2 nitrogen and oxygen atoms in total. The number of nitriles is 1. The average Bonchev–Trinajstić information content (AvgIpc) is 2.38. The average molecular weight is 285 g/mol. The Labute approximate surface area is 115 Å². The number of halogens is 1. The third-order valence-corrected chi connectivity index (χ3v) is 5.69. The minimum atomic E-state index is 0.608. The van der Waals surface area contributed by atoms with Crippen molar-refractivity contribution >= 4 is 40.8 Å². The van der Waals surface area contributed by atoms with Gasteiger partial charge in [-0.1, -0.05) is 17.7 Å². The van der Waals surface area contributed by atoms with Crippen molar-refractivity contribution in [2.75, 3.05) is 29.1 Å². The van der Waals surface area contributed by atoms with Crippen LogP contribution in [0.25, 0.3) is 0 Å². The van der Waals surface area contributed by atoms with Crippen LogP contribution in [0.5, 0.6) is 0 Å². The number of rotatable bonds is 3. The lowest BCUT2D eigenvalue weighted by Gasteiger charge is -2.22. The molecule has 0 aromatic heterocycles. The van der Waals surface area contributed by atoms with Gasteiger partial charge in [0.05, 0.1) is 16.3 Å². The van der Waals surface area contributed by atoms with E-state index in [1.807, 2.05) is 29.6 Å². The lowest BCUT2D eigenvalue weighted by Crippen LogP contribution is -2.23. The maximum absolute atomic E-state index is 9.02. The number of para-hydroxylation sites is 1. The fraction of sp³-hybridized carbons (Fsp3) is 0.417. The first-order valence-corrected chi connectivity index (χ1v) is 8.01. The number of nitrogens with zero attached hydrogens (tertiary/aromatic N) is 1. The van der Waals surface area contributed by atoms with Gasteiger partial charge in [-0.2, -0.15) is 28.8 Å². The van der Waals surface area contributed by atoms with Gasteiger partial charge < -0.3 is 5.32 Å². The van der Waals surface area contributed by atoms with E-state index in [0.29, 0.717) is 15.8 Å². The second-order valence-electron chi connectivity index (χ2n) is 3.72. The van der Waals surface area contributed by atoms with Gasteiger partial charge in [-0.25, -0.2) is 0 Å². The van der Waals surface area contributed by atoms with Crippen molar-refractivity contribution in [3.05, 3.63) is 28.8 Å². The second kappa shape index (κ2) is 6.44. The van der Waals surface area contributed by atoms with Crippen molar-refractivity contribution in [3.63, 3.8) is 0 Å². The summed E-state index contributed by atoms with van der Waals surface area (Å²) in [5, 5.41) is 13.6. The zero-order valence-corrected chi connectivity index (χ0v) is 11.7. The minimum absolute atomic E-state index is 0.608. The van der Waals surface area contributed by atoms with Gasteiger partial charge in [0.15, 0.2) is 0 Å². The van der Waals surface area contributed by atoms with E-state index >= 15 is 0 Å². The molecule has 0 unspecified atom stereocenters. The summed E-state index contributed by atoms with van der Waals surface area (Å²) in [5.74, 6) is 3.63. The van der Waals surface area contributed by atoms with Gasteiger partial charge in [-0.05, 0) is 12.1 Å². The van der Waals surface area contributed by atoms with E-state index in [-0.39, 0.29) is 0 Å². The Morgan fingerprint density at radius 2 is 2.35 bits per heavy atom. The highest BCUT2D eigenvalue weighted by Gasteiger charge is 2.15. The monoisotopic (exact) mass is 284 g/mol. The summed E-state index contributed by atoms with van der Waals surface area (Å²) in [4.78, 5) is 0. The molecule has 5 heteroatoms. The Hall–Kier alpha value is -0.500. The van der Waals surface area contributed by atoms with Gasteiger partial charge in [0.1, 0.15) is 6.07 Å². The van der Waals surface area contributed by atoms with Gasteiger partial charge >= 0.3 is 0 Å². The molecule has 0 amide bonds. The van der Waals surface area contributed by atoms with Crippen molar-refractivity contribution in [2.24, 2.45) is 0 Å². The molecule has 1 heterocycles. The first-order chi connectivity index (χ1) is 8.31. The molecule has 17 heavy (non-hydrogen) atoms.